The van der Waals surface area contributed by atoms with E-state index in [1.807, 2.05) is 27.7 Å². The standard InChI is InChI=1S/C17H25F2NO2/c1-10(2)15(21)17(4,5)9-20-16(22)11(3)14-12(18)7-6-8-13(14)19/h6-8,10-11,15,21H,9H2,1-5H3,(H,20,22). The molecule has 0 bridgehead atoms. The highest BCUT2D eigenvalue weighted by molar-refractivity contribution is 5.83. The van der Waals surface area contributed by atoms with Crippen molar-refractivity contribution in [1.29, 1.82) is 0 Å². The van der Waals surface area contributed by atoms with Crippen LogP contribution < -0.4 is 5.32 Å². The van der Waals surface area contributed by atoms with Crippen molar-refractivity contribution in [1.82, 2.24) is 5.32 Å². The van der Waals surface area contributed by atoms with E-state index in [-0.39, 0.29) is 18.0 Å². The summed E-state index contributed by atoms with van der Waals surface area (Å²) >= 11 is 0. The number of amides is 1. The number of hydrogen-bond donors (Lipinski definition) is 2. The molecule has 0 aromatic heterocycles. The molecule has 22 heavy (non-hydrogen) atoms. The fourth-order valence-corrected chi connectivity index (χ4v) is 2.53. The number of rotatable bonds is 6. The predicted molar refractivity (Wildman–Crippen MR) is 82.4 cm³/mol. The Bertz CT molecular complexity index is 509. The van der Waals surface area contributed by atoms with Gasteiger partial charge in [-0.3, -0.25) is 4.79 Å². The van der Waals surface area contributed by atoms with Crippen LogP contribution in [0.3, 0.4) is 0 Å². The highest BCUT2D eigenvalue weighted by Gasteiger charge is 2.31. The van der Waals surface area contributed by atoms with Gasteiger partial charge in [0.05, 0.1) is 12.0 Å². The number of hydrogen-bond acceptors (Lipinski definition) is 2. The van der Waals surface area contributed by atoms with Crippen LogP contribution in [-0.4, -0.2) is 23.7 Å². The lowest BCUT2D eigenvalue weighted by molar-refractivity contribution is -0.123. The van der Waals surface area contributed by atoms with Gasteiger partial charge in [0.15, 0.2) is 0 Å². The Morgan fingerprint density at radius 2 is 1.73 bits per heavy atom. The summed E-state index contributed by atoms with van der Waals surface area (Å²) in [5.74, 6) is -2.82. The molecular formula is C17H25F2NO2. The molecule has 2 unspecified atom stereocenters. The molecule has 2 N–H and O–H groups in total. The first kappa shape index (κ1) is 18.6. The van der Waals surface area contributed by atoms with Crippen LogP contribution in [0.1, 0.15) is 46.1 Å². The number of aliphatic hydroxyl groups excluding tert-OH is 1. The van der Waals surface area contributed by atoms with Gasteiger partial charge >= 0.3 is 0 Å². The molecule has 1 amide bonds. The van der Waals surface area contributed by atoms with Crippen LogP contribution in [0.15, 0.2) is 18.2 Å². The third-order valence-corrected chi connectivity index (χ3v) is 3.98. The van der Waals surface area contributed by atoms with Gasteiger partial charge in [-0.15, -0.1) is 0 Å². The molecular weight excluding hydrogens is 288 g/mol. The first-order chi connectivity index (χ1) is 10.1. The van der Waals surface area contributed by atoms with Gasteiger partial charge in [-0.1, -0.05) is 33.8 Å². The van der Waals surface area contributed by atoms with Crippen molar-refractivity contribution >= 4 is 5.91 Å². The van der Waals surface area contributed by atoms with Crippen molar-refractivity contribution < 1.29 is 18.7 Å². The fourth-order valence-electron chi connectivity index (χ4n) is 2.53. The first-order valence-corrected chi connectivity index (χ1v) is 7.47. The van der Waals surface area contributed by atoms with Gasteiger partial charge in [-0.05, 0) is 25.0 Å². The zero-order valence-electron chi connectivity index (χ0n) is 13.8. The Balaban J connectivity index is 2.77. The molecule has 1 aromatic carbocycles. The second-order valence-electron chi connectivity index (χ2n) is 6.75. The lowest BCUT2D eigenvalue weighted by Crippen LogP contribution is -2.44. The topological polar surface area (TPSA) is 49.3 Å². The molecule has 5 heteroatoms. The number of carbonyl (C=O) groups excluding carboxylic acids is 1. The Morgan fingerprint density at radius 3 is 2.18 bits per heavy atom. The van der Waals surface area contributed by atoms with Gasteiger partial charge in [0.2, 0.25) is 5.91 Å². The van der Waals surface area contributed by atoms with Crippen molar-refractivity contribution in [3.8, 4) is 0 Å². The first-order valence-electron chi connectivity index (χ1n) is 7.47. The SMILES string of the molecule is CC(C(=O)NCC(C)(C)C(O)C(C)C)c1c(F)cccc1F. The summed E-state index contributed by atoms with van der Waals surface area (Å²) in [5.41, 5.74) is -0.764. The minimum absolute atomic E-state index is 0.0494. The van der Waals surface area contributed by atoms with Gasteiger partial charge < -0.3 is 10.4 Å². The van der Waals surface area contributed by atoms with E-state index in [4.69, 9.17) is 0 Å². The summed E-state index contributed by atoms with van der Waals surface area (Å²) in [6.45, 7) is 9.16. The molecule has 0 fully saturated rings. The van der Waals surface area contributed by atoms with Crippen molar-refractivity contribution in [3.05, 3.63) is 35.4 Å². The van der Waals surface area contributed by atoms with Crippen LogP contribution in [0, 0.1) is 23.0 Å². The number of carbonyl (C=O) groups is 1. The van der Waals surface area contributed by atoms with Gasteiger partial charge in [0, 0.05) is 17.5 Å². The van der Waals surface area contributed by atoms with Crippen LogP contribution in [0.2, 0.25) is 0 Å². The monoisotopic (exact) mass is 313 g/mol. The highest BCUT2D eigenvalue weighted by Crippen LogP contribution is 2.26. The molecule has 0 saturated carbocycles. The normalized spacial score (nSPS) is 14.8. The maximum absolute atomic E-state index is 13.7. The van der Waals surface area contributed by atoms with E-state index in [0.29, 0.717) is 0 Å². The molecule has 2 atom stereocenters. The maximum atomic E-state index is 13.7. The van der Waals surface area contributed by atoms with E-state index < -0.39 is 35.0 Å². The number of aliphatic hydroxyl groups is 1. The molecule has 124 valence electrons. The quantitative estimate of drug-likeness (QED) is 0.847. The van der Waals surface area contributed by atoms with E-state index >= 15 is 0 Å². The van der Waals surface area contributed by atoms with E-state index in [1.54, 1.807) is 0 Å². The predicted octanol–water partition coefficient (Wildman–Crippen LogP) is 3.23. The Labute approximate surface area is 130 Å². The van der Waals surface area contributed by atoms with Gasteiger partial charge in [0.25, 0.3) is 0 Å². The molecule has 0 spiro atoms. The van der Waals surface area contributed by atoms with Crippen molar-refractivity contribution in [3.63, 3.8) is 0 Å². The van der Waals surface area contributed by atoms with Crippen molar-refractivity contribution in [2.75, 3.05) is 6.54 Å². The zero-order chi connectivity index (χ0) is 17.1. The molecule has 0 aliphatic carbocycles. The minimum atomic E-state index is -0.937. The average molecular weight is 313 g/mol. The summed E-state index contributed by atoms with van der Waals surface area (Å²) in [6.07, 6.45) is -0.590. The fraction of sp³-hybridized carbons (Fsp3) is 0.588. The molecule has 1 rings (SSSR count). The summed E-state index contributed by atoms with van der Waals surface area (Å²) in [7, 11) is 0. The molecule has 1 aromatic rings. The van der Waals surface area contributed by atoms with Crippen LogP contribution in [-0.2, 0) is 4.79 Å². The molecule has 0 heterocycles. The van der Waals surface area contributed by atoms with Crippen LogP contribution in [0.25, 0.3) is 0 Å². The Hall–Kier alpha value is -1.49. The number of nitrogens with one attached hydrogen (secondary N) is 1. The van der Waals surface area contributed by atoms with Crippen molar-refractivity contribution in [2.45, 2.75) is 46.6 Å². The largest absolute Gasteiger partial charge is 0.392 e. The molecule has 0 aliphatic rings. The van der Waals surface area contributed by atoms with Crippen LogP contribution in [0.5, 0.6) is 0 Å². The van der Waals surface area contributed by atoms with E-state index in [1.165, 1.54) is 13.0 Å². The Kier molecular flexibility index (Phi) is 6.06. The molecule has 0 radical (unpaired) electrons. The second-order valence-corrected chi connectivity index (χ2v) is 6.75. The third kappa shape index (κ3) is 4.26. The smallest absolute Gasteiger partial charge is 0.227 e. The van der Waals surface area contributed by atoms with Gasteiger partial charge in [-0.25, -0.2) is 8.78 Å². The third-order valence-electron chi connectivity index (χ3n) is 3.98. The lowest BCUT2D eigenvalue weighted by Gasteiger charge is -2.33. The van der Waals surface area contributed by atoms with Crippen LogP contribution in [0.4, 0.5) is 8.78 Å². The lowest BCUT2D eigenvalue weighted by atomic mass is 9.80. The summed E-state index contributed by atoms with van der Waals surface area (Å²) in [6, 6.07) is 3.53. The van der Waals surface area contributed by atoms with Crippen LogP contribution >= 0.6 is 0 Å². The van der Waals surface area contributed by atoms with Gasteiger partial charge in [-0.2, -0.15) is 0 Å². The van der Waals surface area contributed by atoms with E-state index in [2.05, 4.69) is 5.32 Å². The number of benzene rings is 1. The second kappa shape index (κ2) is 7.18. The van der Waals surface area contributed by atoms with Crippen molar-refractivity contribution in [2.24, 2.45) is 11.3 Å². The van der Waals surface area contributed by atoms with E-state index in [0.717, 1.165) is 12.1 Å². The maximum Gasteiger partial charge on any atom is 0.227 e. The summed E-state index contributed by atoms with van der Waals surface area (Å²) in [5, 5.41) is 12.8. The zero-order valence-corrected chi connectivity index (χ0v) is 13.8. The number of halogens is 2. The average Bonchev–Trinajstić information content (AvgIpc) is 2.43. The minimum Gasteiger partial charge on any atom is -0.392 e. The highest BCUT2D eigenvalue weighted by atomic mass is 19.1. The van der Waals surface area contributed by atoms with Gasteiger partial charge in [0.1, 0.15) is 11.6 Å². The van der Waals surface area contributed by atoms with E-state index in [9.17, 15) is 18.7 Å². The summed E-state index contributed by atoms with van der Waals surface area (Å²) in [4.78, 5) is 12.2. The molecule has 0 aliphatic heterocycles. The Morgan fingerprint density at radius 1 is 1.23 bits per heavy atom. The summed E-state index contributed by atoms with van der Waals surface area (Å²) < 4.78 is 27.4. The molecule has 3 nitrogen and oxygen atoms in total. The molecule has 0 saturated heterocycles.